The summed E-state index contributed by atoms with van der Waals surface area (Å²) in [4.78, 5) is 2.05. The molecule has 0 aliphatic heterocycles. The number of hydrogen-bond acceptors (Lipinski definition) is 2. The summed E-state index contributed by atoms with van der Waals surface area (Å²) in [5, 5.41) is 7.36. The highest BCUT2D eigenvalue weighted by Crippen LogP contribution is 2.20. The van der Waals surface area contributed by atoms with Gasteiger partial charge in [-0.05, 0) is 57.9 Å². The van der Waals surface area contributed by atoms with Crippen LogP contribution >= 0.6 is 15.9 Å². The molecule has 0 unspecified atom stereocenters. The van der Waals surface area contributed by atoms with Gasteiger partial charge in [-0.15, -0.1) is 0 Å². The molecule has 0 atom stereocenters. The quantitative estimate of drug-likeness (QED) is 0.663. The Morgan fingerprint density at radius 1 is 1.25 bits per heavy atom. The van der Waals surface area contributed by atoms with Crippen molar-refractivity contribution in [2.75, 3.05) is 11.9 Å². The van der Waals surface area contributed by atoms with Crippen molar-refractivity contribution in [1.29, 1.82) is 5.41 Å². The standard InChI is InChI=1S/C15H15BrFN3/c1-20(9-10-2-7-14(17)13(16)8-10)12-5-3-11(4-6-12)15(18)19/h2-8H,9H2,1H3,(H3,18,19). The summed E-state index contributed by atoms with van der Waals surface area (Å²) in [7, 11) is 1.96. The van der Waals surface area contributed by atoms with Crippen LogP contribution in [0.5, 0.6) is 0 Å². The third-order valence-corrected chi connectivity index (χ3v) is 3.63. The molecule has 0 radical (unpaired) electrons. The Labute approximate surface area is 125 Å². The average Bonchev–Trinajstić information content (AvgIpc) is 2.43. The van der Waals surface area contributed by atoms with E-state index >= 15 is 0 Å². The smallest absolute Gasteiger partial charge is 0.137 e. The van der Waals surface area contributed by atoms with E-state index in [1.54, 1.807) is 12.1 Å². The number of rotatable bonds is 4. The van der Waals surface area contributed by atoms with Gasteiger partial charge in [0.15, 0.2) is 0 Å². The van der Waals surface area contributed by atoms with Crippen molar-refractivity contribution in [1.82, 2.24) is 0 Å². The zero-order valence-electron chi connectivity index (χ0n) is 11.0. The summed E-state index contributed by atoms with van der Waals surface area (Å²) < 4.78 is 13.7. The summed E-state index contributed by atoms with van der Waals surface area (Å²) >= 11 is 3.19. The highest BCUT2D eigenvalue weighted by Gasteiger charge is 2.05. The number of nitrogen functional groups attached to an aromatic ring is 1. The molecule has 0 saturated heterocycles. The first kappa shape index (κ1) is 14.5. The van der Waals surface area contributed by atoms with Gasteiger partial charge in [-0.25, -0.2) is 4.39 Å². The topological polar surface area (TPSA) is 53.1 Å². The van der Waals surface area contributed by atoms with Crippen LogP contribution in [0.25, 0.3) is 0 Å². The number of nitrogens with one attached hydrogen (secondary N) is 1. The van der Waals surface area contributed by atoms with E-state index in [1.165, 1.54) is 6.07 Å². The molecule has 0 aromatic heterocycles. The Morgan fingerprint density at radius 2 is 1.90 bits per heavy atom. The maximum Gasteiger partial charge on any atom is 0.137 e. The van der Waals surface area contributed by atoms with Gasteiger partial charge >= 0.3 is 0 Å². The van der Waals surface area contributed by atoms with Crippen LogP contribution in [0.4, 0.5) is 10.1 Å². The average molecular weight is 336 g/mol. The fourth-order valence-electron chi connectivity index (χ4n) is 1.90. The van der Waals surface area contributed by atoms with Crippen molar-refractivity contribution in [3.05, 3.63) is 63.9 Å². The Morgan fingerprint density at radius 3 is 2.45 bits per heavy atom. The molecule has 3 nitrogen and oxygen atoms in total. The van der Waals surface area contributed by atoms with Gasteiger partial charge in [-0.1, -0.05) is 6.07 Å². The lowest BCUT2D eigenvalue weighted by atomic mass is 10.1. The summed E-state index contributed by atoms with van der Waals surface area (Å²) in [6, 6.07) is 12.4. The lowest BCUT2D eigenvalue weighted by molar-refractivity contribution is 0.620. The molecular formula is C15H15BrFN3. The van der Waals surface area contributed by atoms with E-state index in [9.17, 15) is 4.39 Å². The number of hydrogen-bond donors (Lipinski definition) is 2. The Balaban J connectivity index is 2.12. The number of benzene rings is 2. The van der Waals surface area contributed by atoms with Gasteiger partial charge in [0.25, 0.3) is 0 Å². The molecule has 0 aliphatic carbocycles. The SMILES string of the molecule is CN(Cc1ccc(F)c(Br)c1)c1ccc(C(=N)N)cc1. The van der Waals surface area contributed by atoms with E-state index < -0.39 is 0 Å². The first-order chi connectivity index (χ1) is 9.47. The molecule has 104 valence electrons. The zero-order chi connectivity index (χ0) is 14.7. The van der Waals surface area contributed by atoms with Crippen LogP contribution in [0, 0.1) is 11.2 Å². The molecule has 0 spiro atoms. The van der Waals surface area contributed by atoms with Gasteiger partial charge in [0.2, 0.25) is 0 Å². The molecule has 0 amide bonds. The minimum absolute atomic E-state index is 0.0571. The van der Waals surface area contributed by atoms with Crippen molar-refractivity contribution >= 4 is 27.5 Å². The maximum absolute atomic E-state index is 13.2. The van der Waals surface area contributed by atoms with Crippen molar-refractivity contribution < 1.29 is 4.39 Å². The van der Waals surface area contributed by atoms with Crippen LogP contribution in [0.2, 0.25) is 0 Å². The van der Waals surface area contributed by atoms with Gasteiger partial charge in [0.1, 0.15) is 11.7 Å². The van der Waals surface area contributed by atoms with E-state index in [0.29, 0.717) is 16.6 Å². The van der Waals surface area contributed by atoms with E-state index in [0.717, 1.165) is 11.3 Å². The normalized spacial score (nSPS) is 10.3. The van der Waals surface area contributed by atoms with Crippen LogP contribution in [-0.2, 0) is 6.54 Å². The molecule has 2 aromatic rings. The summed E-state index contributed by atoms with van der Waals surface area (Å²) in [6.45, 7) is 0.665. The van der Waals surface area contributed by atoms with Gasteiger partial charge < -0.3 is 10.6 Å². The minimum Gasteiger partial charge on any atom is -0.384 e. The molecule has 2 rings (SSSR count). The molecule has 0 bridgehead atoms. The fourth-order valence-corrected chi connectivity index (χ4v) is 2.32. The van der Waals surface area contributed by atoms with Crippen molar-refractivity contribution in [3.8, 4) is 0 Å². The molecule has 2 aromatic carbocycles. The number of nitrogens with zero attached hydrogens (tertiary/aromatic N) is 1. The fraction of sp³-hybridized carbons (Fsp3) is 0.133. The van der Waals surface area contributed by atoms with Crippen molar-refractivity contribution in [2.24, 2.45) is 5.73 Å². The lowest BCUT2D eigenvalue weighted by Gasteiger charge is -2.20. The second-order valence-electron chi connectivity index (χ2n) is 4.57. The molecule has 0 aliphatic rings. The Bertz CT molecular complexity index is 626. The van der Waals surface area contributed by atoms with E-state index in [2.05, 4.69) is 15.9 Å². The largest absolute Gasteiger partial charge is 0.384 e. The van der Waals surface area contributed by atoms with E-state index in [4.69, 9.17) is 11.1 Å². The molecule has 0 heterocycles. The molecule has 20 heavy (non-hydrogen) atoms. The van der Waals surface area contributed by atoms with Crippen LogP contribution in [0.15, 0.2) is 46.9 Å². The van der Waals surface area contributed by atoms with E-state index in [1.807, 2.05) is 36.2 Å². The summed E-state index contributed by atoms with van der Waals surface area (Å²) in [5.41, 5.74) is 8.14. The van der Waals surface area contributed by atoms with E-state index in [-0.39, 0.29) is 11.7 Å². The zero-order valence-corrected chi connectivity index (χ0v) is 12.6. The Kier molecular flexibility index (Phi) is 4.39. The predicted molar refractivity (Wildman–Crippen MR) is 83.7 cm³/mol. The van der Waals surface area contributed by atoms with Gasteiger partial charge in [0.05, 0.1) is 4.47 Å². The van der Waals surface area contributed by atoms with Crippen molar-refractivity contribution in [3.63, 3.8) is 0 Å². The first-order valence-corrected chi connectivity index (χ1v) is 6.86. The van der Waals surface area contributed by atoms with Crippen molar-refractivity contribution in [2.45, 2.75) is 6.54 Å². The third kappa shape index (κ3) is 3.36. The second kappa shape index (κ2) is 6.05. The molecule has 3 N–H and O–H groups in total. The van der Waals surface area contributed by atoms with Crippen LogP contribution in [-0.4, -0.2) is 12.9 Å². The Hall–Kier alpha value is -1.88. The molecular weight excluding hydrogens is 321 g/mol. The van der Waals surface area contributed by atoms with Crippen LogP contribution < -0.4 is 10.6 Å². The van der Waals surface area contributed by atoms with Gasteiger partial charge in [0, 0.05) is 24.8 Å². The van der Waals surface area contributed by atoms with Gasteiger partial charge in [-0.3, -0.25) is 5.41 Å². The second-order valence-corrected chi connectivity index (χ2v) is 5.42. The summed E-state index contributed by atoms with van der Waals surface area (Å²) in [5.74, 6) is -0.205. The number of amidine groups is 1. The molecule has 0 saturated carbocycles. The van der Waals surface area contributed by atoms with Crippen LogP contribution in [0.3, 0.4) is 0 Å². The number of nitrogens with two attached hydrogens (primary N) is 1. The highest BCUT2D eigenvalue weighted by atomic mass is 79.9. The minimum atomic E-state index is -0.262. The highest BCUT2D eigenvalue weighted by molar-refractivity contribution is 9.10. The number of halogens is 2. The lowest BCUT2D eigenvalue weighted by Crippen LogP contribution is -2.17. The van der Waals surface area contributed by atoms with Crippen LogP contribution in [0.1, 0.15) is 11.1 Å². The third-order valence-electron chi connectivity index (χ3n) is 3.02. The first-order valence-electron chi connectivity index (χ1n) is 6.07. The maximum atomic E-state index is 13.2. The van der Waals surface area contributed by atoms with Gasteiger partial charge in [-0.2, -0.15) is 0 Å². The molecule has 5 heteroatoms. The number of anilines is 1. The molecule has 0 fully saturated rings. The predicted octanol–water partition coefficient (Wildman–Crippen LogP) is 3.51. The monoisotopic (exact) mass is 335 g/mol. The summed E-state index contributed by atoms with van der Waals surface area (Å²) in [6.07, 6.45) is 0.